The fourth-order valence-corrected chi connectivity index (χ4v) is 2.15. The van der Waals surface area contributed by atoms with Gasteiger partial charge in [-0.2, -0.15) is 0 Å². The van der Waals surface area contributed by atoms with Gasteiger partial charge in [-0.3, -0.25) is 0 Å². The van der Waals surface area contributed by atoms with Crippen LogP contribution in [0.2, 0.25) is 5.02 Å². The van der Waals surface area contributed by atoms with Crippen LogP contribution in [0, 0.1) is 6.92 Å². The van der Waals surface area contributed by atoms with E-state index in [0.29, 0.717) is 5.02 Å². The van der Waals surface area contributed by atoms with E-state index in [0.717, 1.165) is 48.1 Å². The van der Waals surface area contributed by atoms with Crippen molar-refractivity contribution in [3.63, 3.8) is 0 Å². The molecule has 1 aromatic carbocycles. The molecule has 0 bridgehead atoms. The second-order valence-corrected chi connectivity index (χ2v) is 5.31. The normalized spacial score (nSPS) is 10.5. The molecular weight excluding hydrogens is 284 g/mol. The summed E-state index contributed by atoms with van der Waals surface area (Å²) in [5.74, 6) is 2.54. The molecule has 0 unspecified atom stereocenters. The van der Waals surface area contributed by atoms with Crippen molar-refractivity contribution in [2.75, 3.05) is 17.2 Å². The molecule has 0 atom stereocenters. The zero-order valence-electron chi connectivity index (χ0n) is 12.7. The van der Waals surface area contributed by atoms with Crippen molar-refractivity contribution in [2.24, 2.45) is 0 Å². The summed E-state index contributed by atoms with van der Waals surface area (Å²) >= 11 is 6.02. The molecule has 112 valence electrons. The van der Waals surface area contributed by atoms with Gasteiger partial charge in [0.1, 0.15) is 17.5 Å². The van der Waals surface area contributed by atoms with Crippen LogP contribution in [-0.4, -0.2) is 16.5 Å². The Balaban J connectivity index is 2.33. The van der Waals surface area contributed by atoms with Gasteiger partial charge >= 0.3 is 0 Å². The van der Waals surface area contributed by atoms with Gasteiger partial charge in [0.25, 0.3) is 0 Å². The van der Waals surface area contributed by atoms with Crippen molar-refractivity contribution < 1.29 is 0 Å². The molecule has 1 aromatic heterocycles. The Bertz CT molecular complexity index is 613. The number of anilines is 3. The van der Waals surface area contributed by atoms with Crippen molar-refractivity contribution in [3.05, 3.63) is 40.7 Å². The lowest BCUT2D eigenvalue weighted by Gasteiger charge is -2.14. The highest BCUT2D eigenvalue weighted by molar-refractivity contribution is 6.30. The van der Waals surface area contributed by atoms with Crippen LogP contribution in [0.3, 0.4) is 0 Å². The summed E-state index contributed by atoms with van der Waals surface area (Å²) in [5, 5.41) is 7.39. The molecule has 0 spiro atoms. The van der Waals surface area contributed by atoms with Gasteiger partial charge in [0.15, 0.2) is 0 Å². The van der Waals surface area contributed by atoms with E-state index in [1.54, 1.807) is 0 Å². The predicted molar refractivity (Wildman–Crippen MR) is 89.7 cm³/mol. The van der Waals surface area contributed by atoms with Crippen LogP contribution < -0.4 is 10.6 Å². The Morgan fingerprint density at radius 2 is 1.90 bits per heavy atom. The topological polar surface area (TPSA) is 49.8 Å². The number of nitrogens with zero attached hydrogens (tertiary/aromatic N) is 2. The summed E-state index contributed by atoms with van der Waals surface area (Å²) in [6, 6.07) is 7.62. The third-order valence-electron chi connectivity index (χ3n) is 3.14. The zero-order chi connectivity index (χ0) is 15.2. The molecule has 0 amide bonds. The lowest BCUT2D eigenvalue weighted by Crippen LogP contribution is -2.10. The van der Waals surface area contributed by atoms with Crippen LogP contribution in [0.25, 0.3) is 0 Å². The van der Waals surface area contributed by atoms with E-state index in [4.69, 9.17) is 11.6 Å². The second kappa shape index (κ2) is 7.27. The first-order chi connectivity index (χ1) is 10.1. The Hall–Kier alpha value is -1.81. The molecular formula is C16H21ClN4. The number of rotatable bonds is 6. The third-order valence-corrected chi connectivity index (χ3v) is 3.37. The Morgan fingerprint density at radius 1 is 1.14 bits per heavy atom. The minimum Gasteiger partial charge on any atom is -0.370 e. The van der Waals surface area contributed by atoms with Crippen LogP contribution in [0.5, 0.6) is 0 Å². The van der Waals surface area contributed by atoms with Crippen LogP contribution >= 0.6 is 11.6 Å². The number of aromatic nitrogens is 2. The highest BCUT2D eigenvalue weighted by Crippen LogP contribution is 2.25. The average molecular weight is 305 g/mol. The van der Waals surface area contributed by atoms with Gasteiger partial charge in [-0.1, -0.05) is 31.5 Å². The molecule has 0 fully saturated rings. The third kappa shape index (κ3) is 4.08. The SMILES string of the molecule is CCCNc1nc(CC)nc(Nc2cccc(Cl)c2)c1C. The molecule has 0 aliphatic carbocycles. The minimum atomic E-state index is 0.701. The number of benzene rings is 1. The van der Waals surface area contributed by atoms with Gasteiger partial charge in [-0.05, 0) is 31.5 Å². The lowest BCUT2D eigenvalue weighted by atomic mass is 10.2. The fourth-order valence-electron chi connectivity index (χ4n) is 1.96. The van der Waals surface area contributed by atoms with Crippen molar-refractivity contribution in [3.8, 4) is 0 Å². The van der Waals surface area contributed by atoms with Gasteiger partial charge in [-0.15, -0.1) is 0 Å². The molecule has 0 saturated carbocycles. The van der Waals surface area contributed by atoms with Crippen molar-refractivity contribution in [2.45, 2.75) is 33.6 Å². The van der Waals surface area contributed by atoms with E-state index < -0.39 is 0 Å². The maximum atomic E-state index is 6.02. The number of halogens is 1. The summed E-state index contributed by atoms with van der Waals surface area (Å²) in [5.41, 5.74) is 1.94. The van der Waals surface area contributed by atoms with Crippen molar-refractivity contribution in [1.29, 1.82) is 0 Å². The molecule has 21 heavy (non-hydrogen) atoms. The quantitative estimate of drug-likeness (QED) is 0.821. The second-order valence-electron chi connectivity index (χ2n) is 4.88. The summed E-state index contributed by atoms with van der Waals surface area (Å²) < 4.78 is 0. The summed E-state index contributed by atoms with van der Waals surface area (Å²) in [4.78, 5) is 9.14. The minimum absolute atomic E-state index is 0.701. The van der Waals surface area contributed by atoms with Gasteiger partial charge in [0.2, 0.25) is 0 Å². The first-order valence-electron chi connectivity index (χ1n) is 7.28. The maximum Gasteiger partial charge on any atom is 0.139 e. The van der Waals surface area contributed by atoms with Gasteiger partial charge in [0.05, 0.1) is 0 Å². The molecule has 0 aliphatic heterocycles. The molecule has 2 rings (SSSR count). The summed E-state index contributed by atoms with van der Waals surface area (Å²) in [7, 11) is 0. The van der Waals surface area contributed by atoms with Crippen LogP contribution in [0.15, 0.2) is 24.3 Å². The van der Waals surface area contributed by atoms with E-state index in [2.05, 4.69) is 34.4 Å². The molecule has 2 N–H and O–H groups in total. The standard InChI is InChI=1S/C16H21ClN4/c1-4-9-18-15-11(3)16(21-14(5-2)20-15)19-13-8-6-7-12(17)10-13/h6-8,10H,4-5,9H2,1-3H3,(H2,18,19,20,21). The Morgan fingerprint density at radius 3 is 2.57 bits per heavy atom. The van der Waals surface area contributed by atoms with Gasteiger partial charge < -0.3 is 10.6 Å². The fraction of sp³-hybridized carbons (Fsp3) is 0.375. The van der Waals surface area contributed by atoms with E-state index in [-0.39, 0.29) is 0 Å². The van der Waals surface area contributed by atoms with Crippen LogP contribution in [0.4, 0.5) is 17.3 Å². The van der Waals surface area contributed by atoms with Crippen LogP contribution in [0.1, 0.15) is 31.7 Å². The van der Waals surface area contributed by atoms with Crippen molar-refractivity contribution >= 4 is 28.9 Å². The van der Waals surface area contributed by atoms with Gasteiger partial charge in [-0.25, -0.2) is 9.97 Å². The summed E-state index contributed by atoms with van der Waals surface area (Å²) in [6.45, 7) is 7.11. The molecule has 2 aromatic rings. The molecule has 0 saturated heterocycles. The first-order valence-corrected chi connectivity index (χ1v) is 7.65. The number of aryl methyl sites for hydroxylation is 1. The highest BCUT2D eigenvalue weighted by Gasteiger charge is 2.10. The lowest BCUT2D eigenvalue weighted by molar-refractivity contribution is 0.911. The van der Waals surface area contributed by atoms with E-state index in [9.17, 15) is 0 Å². The smallest absolute Gasteiger partial charge is 0.139 e. The number of hydrogen-bond donors (Lipinski definition) is 2. The largest absolute Gasteiger partial charge is 0.370 e. The monoisotopic (exact) mass is 304 g/mol. The molecule has 1 heterocycles. The Labute approximate surface area is 131 Å². The Kier molecular flexibility index (Phi) is 5.39. The molecule has 4 nitrogen and oxygen atoms in total. The maximum absolute atomic E-state index is 6.02. The van der Waals surface area contributed by atoms with E-state index >= 15 is 0 Å². The van der Waals surface area contributed by atoms with Crippen molar-refractivity contribution in [1.82, 2.24) is 9.97 Å². The average Bonchev–Trinajstić information content (AvgIpc) is 2.48. The summed E-state index contributed by atoms with van der Waals surface area (Å²) in [6.07, 6.45) is 1.85. The van der Waals surface area contributed by atoms with Gasteiger partial charge in [0, 0.05) is 29.2 Å². The van der Waals surface area contributed by atoms with E-state index in [1.165, 1.54) is 0 Å². The van der Waals surface area contributed by atoms with Crippen LogP contribution in [-0.2, 0) is 6.42 Å². The number of hydrogen-bond acceptors (Lipinski definition) is 4. The zero-order valence-corrected chi connectivity index (χ0v) is 13.5. The molecule has 0 radical (unpaired) electrons. The number of nitrogens with one attached hydrogen (secondary N) is 2. The molecule has 5 heteroatoms. The highest BCUT2D eigenvalue weighted by atomic mass is 35.5. The molecule has 0 aliphatic rings. The predicted octanol–water partition coefficient (Wildman–Crippen LogP) is 4.57. The first kappa shape index (κ1) is 15.6. The van der Waals surface area contributed by atoms with E-state index in [1.807, 2.05) is 31.2 Å².